The average molecular weight is 419 g/mol. The molecule has 3 N–H and O–H groups in total. The maximum Gasteiger partial charge on any atom is 0.286 e. The van der Waals surface area contributed by atoms with Gasteiger partial charge in [-0.1, -0.05) is 29.3 Å². The van der Waals surface area contributed by atoms with Crippen LogP contribution < -0.4 is 10.9 Å². The first kappa shape index (κ1) is 17.8. The number of hydrogen-bond acceptors (Lipinski definition) is 2. The van der Waals surface area contributed by atoms with Crippen LogP contribution in [0.15, 0.2) is 34.9 Å². The van der Waals surface area contributed by atoms with Gasteiger partial charge in [-0.05, 0) is 52.5 Å². The molecule has 2 aromatic rings. The van der Waals surface area contributed by atoms with Crippen molar-refractivity contribution in [2.24, 2.45) is 0 Å². The molecule has 0 bridgehead atoms. The van der Waals surface area contributed by atoms with E-state index in [0.29, 0.717) is 28.6 Å². The Labute approximate surface area is 151 Å². The van der Waals surface area contributed by atoms with Crippen molar-refractivity contribution in [1.82, 2.24) is 15.8 Å². The molecule has 0 saturated carbocycles. The highest BCUT2D eigenvalue weighted by Gasteiger charge is 2.09. The van der Waals surface area contributed by atoms with E-state index in [1.165, 1.54) is 0 Å². The molecule has 0 aliphatic carbocycles. The molecule has 8 heteroatoms. The molecule has 0 fully saturated rings. The molecular weight excluding hydrogens is 405 g/mol. The Morgan fingerprint density at radius 3 is 2.57 bits per heavy atom. The lowest BCUT2D eigenvalue weighted by Crippen LogP contribution is -2.41. The number of rotatable bonds is 5. The van der Waals surface area contributed by atoms with Crippen molar-refractivity contribution in [3.05, 3.63) is 56.2 Å². The lowest BCUT2D eigenvalue weighted by molar-refractivity contribution is -0.121. The SMILES string of the molecule is O=C(CCCc1ccc(Cl)c(Cl)c1)NNC(=O)c1cc(Br)c[nH]1. The quantitative estimate of drug-likeness (QED) is 0.644. The van der Waals surface area contributed by atoms with E-state index >= 15 is 0 Å². The number of H-pyrrole nitrogens is 1. The minimum Gasteiger partial charge on any atom is -0.356 e. The third kappa shape index (κ3) is 5.57. The summed E-state index contributed by atoms with van der Waals surface area (Å²) in [6, 6.07) is 7.00. The number of nitrogens with one attached hydrogen (secondary N) is 3. The molecule has 1 aromatic heterocycles. The van der Waals surface area contributed by atoms with Crippen molar-refractivity contribution in [3.63, 3.8) is 0 Å². The number of benzene rings is 1. The highest BCUT2D eigenvalue weighted by Crippen LogP contribution is 2.23. The van der Waals surface area contributed by atoms with Gasteiger partial charge in [0.2, 0.25) is 5.91 Å². The Morgan fingerprint density at radius 1 is 1.13 bits per heavy atom. The molecule has 1 heterocycles. The second-order valence-corrected chi connectivity index (χ2v) is 6.57. The fourth-order valence-corrected chi connectivity index (χ4v) is 2.57. The number of hydrazine groups is 1. The van der Waals surface area contributed by atoms with E-state index in [1.54, 1.807) is 24.4 Å². The number of hydrogen-bond donors (Lipinski definition) is 3. The number of carbonyl (C=O) groups excluding carboxylic acids is 2. The molecule has 0 radical (unpaired) electrons. The Kier molecular flexibility index (Phi) is 6.50. The number of amides is 2. The molecule has 5 nitrogen and oxygen atoms in total. The predicted octanol–water partition coefficient (Wildman–Crippen LogP) is 3.87. The highest BCUT2D eigenvalue weighted by atomic mass is 79.9. The number of aromatic nitrogens is 1. The van der Waals surface area contributed by atoms with Gasteiger partial charge in [0, 0.05) is 17.1 Å². The molecule has 122 valence electrons. The maximum absolute atomic E-state index is 11.7. The first-order valence-electron chi connectivity index (χ1n) is 6.83. The van der Waals surface area contributed by atoms with Crippen LogP contribution in [0.2, 0.25) is 10.0 Å². The molecule has 0 atom stereocenters. The fraction of sp³-hybridized carbons (Fsp3) is 0.200. The average Bonchev–Trinajstić information content (AvgIpc) is 2.95. The van der Waals surface area contributed by atoms with Crippen LogP contribution in [-0.2, 0) is 11.2 Å². The molecule has 23 heavy (non-hydrogen) atoms. The Hall–Kier alpha value is -1.50. The summed E-state index contributed by atoms with van der Waals surface area (Å²) in [6.07, 6.45) is 3.25. The van der Waals surface area contributed by atoms with E-state index in [-0.39, 0.29) is 12.3 Å². The molecule has 0 spiro atoms. The summed E-state index contributed by atoms with van der Waals surface area (Å²) in [5.74, 6) is -0.669. The third-order valence-corrected chi connectivity index (χ3v) is 4.26. The van der Waals surface area contributed by atoms with Crippen molar-refractivity contribution in [2.45, 2.75) is 19.3 Å². The van der Waals surface area contributed by atoms with Crippen LogP contribution in [0.5, 0.6) is 0 Å². The monoisotopic (exact) mass is 417 g/mol. The lowest BCUT2D eigenvalue weighted by atomic mass is 10.1. The van der Waals surface area contributed by atoms with E-state index in [0.717, 1.165) is 10.0 Å². The number of aromatic amines is 1. The standard InChI is InChI=1S/C15H14BrCl2N3O2/c16-10-7-13(19-8-10)15(23)21-20-14(22)3-1-2-9-4-5-11(17)12(18)6-9/h4-8,19H,1-3H2,(H,20,22)(H,21,23). The molecule has 2 rings (SSSR count). The number of carbonyl (C=O) groups is 2. The largest absolute Gasteiger partial charge is 0.356 e. The summed E-state index contributed by atoms with van der Waals surface area (Å²) in [4.78, 5) is 26.2. The number of aryl methyl sites for hydroxylation is 1. The van der Waals surface area contributed by atoms with Gasteiger partial charge in [0.15, 0.2) is 0 Å². The van der Waals surface area contributed by atoms with E-state index in [9.17, 15) is 9.59 Å². The summed E-state index contributed by atoms with van der Waals surface area (Å²) in [7, 11) is 0. The van der Waals surface area contributed by atoms with Crippen molar-refractivity contribution in [1.29, 1.82) is 0 Å². The van der Waals surface area contributed by atoms with Gasteiger partial charge in [-0.3, -0.25) is 20.4 Å². The molecule has 1 aromatic carbocycles. The van der Waals surface area contributed by atoms with Crippen LogP contribution in [0.1, 0.15) is 28.9 Å². The summed E-state index contributed by atoms with van der Waals surface area (Å²) in [5.41, 5.74) is 6.09. The van der Waals surface area contributed by atoms with Gasteiger partial charge >= 0.3 is 0 Å². The minimum absolute atomic E-state index is 0.260. The van der Waals surface area contributed by atoms with Crippen LogP contribution in [0.3, 0.4) is 0 Å². The van der Waals surface area contributed by atoms with Gasteiger partial charge < -0.3 is 4.98 Å². The molecule has 0 aliphatic rings. The Bertz CT molecular complexity index is 718. The summed E-state index contributed by atoms with van der Waals surface area (Å²) in [5, 5.41) is 1.00. The summed E-state index contributed by atoms with van der Waals surface area (Å²) < 4.78 is 0.760. The van der Waals surface area contributed by atoms with Crippen LogP contribution in [-0.4, -0.2) is 16.8 Å². The molecule has 0 aliphatic heterocycles. The van der Waals surface area contributed by atoms with Crippen molar-refractivity contribution < 1.29 is 9.59 Å². The topological polar surface area (TPSA) is 74.0 Å². The van der Waals surface area contributed by atoms with Crippen molar-refractivity contribution >= 4 is 50.9 Å². The van der Waals surface area contributed by atoms with Gasteiger partial charge in [0.25, 0.3) is 5.91 Å². The first-order chi connectivity index (χ1) is 11.0. The molecule has 0 saturated heterocycles. The van der Waals surface area contributed by atoms with Crippen LogP contribution >= 0.6 is 39.1 Å². The first-order valence-corrected chi connectivity index (χ1v) is 8.37. The van der Waals surface area contributed by atoms with E-state index in [1.807, 2.05) is 6.07 Å². The predicted molar refractivity (Wildman–Crippen MR) is 93.5 cm³/mol. The van der Waals surface area contributed by atoms with Crippen molar-refractivity contribution in [2.75, 3.05) is 0 Å². The van der Waals surface area contributed by atoms with Crippen molar-refractivity contribution in [3.8, 4) is 0 Å². The smallest absolute Gasteiger partial charge is 0.286 e. The fourth-order valence-electron chi connectivity index (χ4n) is 1.90. The Balaban J connectivity index is 1.70. The zero-order valence-electron chi connectivity index (χ0n) is 12.0. The van der Waals surface area contributed by atoms with Gasteiger partial charge in [0.05, 0.1) is 10.0 Å². The second-order valence-electron chi connectivity index (χ2n) is 4.84. The van der Waals surface area contributed by atoms with Crippen LogP contribution in [0, 0.1) is 0 Å². The van der Waals surface area contributed by atoms with E-state index in [2.05, 4.69) is 31.8 Å². The van der Waals surface area contributed by atoms with Crippen LogP contribution in [0.4, 0.5) is 0 Å². The minimum atomic E-state index is -0.409. The van der Waals surface area contributed by atoms with E-state index in [4.69, 9.17) is 23.2 Å². The van der Waals surface area contributed by atoms with Gasteiger partial charge in [-0.15, -0.1) is 0 Å². The highest BCUT2D eigenvalue weighted by molar-refractivity contribution is 9.10. The Morgan fingerprint density at radius 2 is 1.91 bits per heavy atom. The lowest BCUT2D eigenvalue weighted by Gasteiger charge is -2.07. The van der Waals surface area contributed by atoms with Gasteiger partial charge in [-0.25, -0.2) is 0 Å². The summed E-state index contributed by atoms with van der Waals surface area (Å²) in [6.45, 7) is 0. The normalized spacial score (nSPS) is 10.4. The van der Waals surface area contributed by atoms with Crippen LogP contribution in [0.25, 0.3) is 0 Å². The van der Waals surface area contributed by atoms with Gasteiger partial charge in [-0.2, -0.15) is 0 Å². The molecule has 2 amide bonds. The van der Waals surface area contributed by atoms with Gasteiger partial charge in [0.1, 0.15) is 5.69 Å². The zero-order chi connectivity index (χ0) is 16.8. The second kappa shape index (κ2) is 8.38. The molecule has 0 unspecified atom stereocenters. The summed E-state index contributed by atoms with van der Waals surface area (Å²) >= 11 is 15.0. The molecular formula is C15H14BrCl2N3O2. The maximum atomic E-state index is 11.7. The van der Waals surface area contributed by atoms with E-state index < -0.39 is 5.91 Å². The zero-order valence-corrected chi connectivity index (χ0v) is 15.1. The third-order valence-electron chi connectivity index (χ3n) is 3.06. The number of halogens is 3.